The molecular formula is C42H73N5. The van der Waals surface area contributed by atoms with E-state index < -0.39 is 0 Å². The highest BCUT2D eigenvalue weighted by Crippen LogP contribution is 2.30. The Kier molecular flexibility index (Phi) is 27.4. The number of hydrogen-bond acceptors (Lipinski definition) is 4. The summed E-state index contributed by atoms with van der Waals surface area (Å²) in [4.78, 5) is 9.48. The van der Waals surface area contributed by atoms with Crippen molar-refractivity contribution < 1.29 is 0 Å². The molecule has 4 aromatic rings. The van der Waals surface area contributed by atoms with Crippen molar-refractivity contribution in [3.63, 3.8) is 0 Å². The highest BCUT2D eigenvalue weighted by Gasteiger charge is 2.17. The molecule has 0 atom stereocenters. The summed E-state index contributed by atoms with van der Waals surface area (Å²) in [7, 11) is 1.50. The first-order valence-corrected chi connectivity index (χ1v) is 19.2. The van der Waals surface area contributed by atoms with Crippen LogP contribution >= 0.6 is 0 Å². The van der Waals surface area contributed by atoms with Gasteiger partial charge in [0.1, 0.15) is 11.3 Å². The van der Waals surface area contributed by atoms with Gasteiger partial charge in [0, 0.05) is 18.4 Å². The summed E-state index contributed by atoms with van der Waals surface area (Å²) in [5, 5.41) is 1.11. The quantitative estimate of drug-likeness (QED) is 0.119. The molecule has 266 valence electrons. The molecular weight excluding hydrogens is 574 g/mol. The van der Waals surface area contributed by atoms with E-state index in [1.54, 1.807) is 0 Å². The van der Waals surface area contributed by atoms with E-state index >= 15 is 0 Å². The van der Waals surface area contributed by atoms with Gasteiger partial charge in [-0.3, -0.25) is 0 Å². The van der Waals surface area contributed by atoms with Gasteiger partial charge >= 0.3 is 0 Å². The third-order valence-corrected chi connectivity index (χ3v) is 8.13. The van der Waals surface area contributed by atoms with Gasteiger partial charge < -0.3 is 16.0 Å². The summed E-state index contributed by atoms with van der Waals surface area (Å²) in [6.07, 6.45) is 21.2. The number of pyridine rings is 1. The van der Waals surface area contributed by atoms with E-state index in [0.29, 0.717) is 5.82 Å². The van der Waals surface area contributed by atoms with Crippen molar-refractivity contribution in [2.45, 2.75) is 165 Å². The predicted molar refractivity (Wildman–Crippen MR) is 213 cm³/mol. The third kappa shape index (κ3) is 16.6. The number of fused-ring (bicyclic) bond motifs is 3. The van der Waals surface area contributed by atoms with Crippen molar-refractivity contribution in [2.75, 3.05) is 12.8 Å². The largest absolute Gasteiger partial charge is 0.382 e. The number of imidazole rings is 1. The summed E-state index contributed by atoms with van der Waals surface area (Å²) in [6, 6.07) is 17.1. The number of para-hydroxylation sites is 1. The van der Waals surface area contributed by atoms with Gasteiger partial charge in [0.05, 0.1) is 11.0 Å². The molecule has 2 aromatic heterocycles. The molecule has 0 amide bonds. The molecule has 0 aliphatic carbocycles. The Labute approximate surface area is 290 Å². The van der Waals surface area contributed by atoms with Crippen LogP contribution in [-0.2, 0) is 19.4 Å². The first-order chi connectivity index (χ1) is 23.0. The summed E-state index contributed by atoms with van der Waals surface area (Å²) < 4.78 is 2.34. The first kappa shape index (κ1) is 44.1. The van der Waals surface area contributed by atoms with Crippen LogP contribution in [0.15, 0.2) is 48.5 Å². The second-order valence-electron chi connectivity index (χ2n) is 11.9. The van der Waals surface area contributed by atoms with Gasteiger partial charge in [0.25, 0.3) is 0 Å². The number of hydrogen-bond donors (Lipinski definition) is 2. The van der Waals surface area contributed by atoms with E-state index in [4.69, 9.17) is 10.7 Å². The van der Waals surface area contributed by atoms with Crippen molar-refractivity contribution >= 4 is 27.8 Å². The Morgan fingerprint density at radius 2 is 1.04 bits per heavy atom. The van der Waals surface area contributed by atoms with Crippen LogP contribution in [0.2, 0.25) is 0 Å². The maximum absolute atomic E-state index is 6.28. The minimum atomic E-state index is 0.515. The Morgan fingerprint density at radius 3 is 1.55 bits per heavy atom. The van der Waals surface area contributed by atoms with E-state index in [0.717, 1.165) is 60.0 Å². The Morgan fingerprint density at radius 1 is 0.574 bits per heavy atom. The van der Waals surface area contributed by atoms with Crippen LogP contribution in [0.4, 0.5) is 5.82 Å². The van der Waals surface area contributed by atoms with E-state index in [-0.39, 0.29) is 0 Å². The number of aromatic nitrogens is 3. The van der Waals surface area contributed by atoms with Crippen molar-refractivity contribution in [3.8, 4) is 0 Å². The lowest BCUT2D eigenvalue weighted by Gasteiger charge is -2.11. The number of nitrogens with zero attached hydrogens (tertiary/aromatic N) is 3. The van der Waals surface area contributed by atoms with E-state index in [2.05, 4.69) is 93.2 Å². The van der Waals surface area contributed by atoms with E-state index in [9.17, 15) is 0 Å². The zero-order chi connectivity index (χ0) is 35.3. The smallest absolute Gasteiger partial charge is 0.152 e. The second kappa shape index (κ2) is 29.2. The fourth-order valence-electron chi connectivity index (χ4n) is 5.37. The molecule has 0 saturated heterocycles. The number of anilines is 1. The molecule has 0 saturated carbocycles. The van der Waals surface area contributed by atoms with Gasteiger partial charge in [0.2, 0.25) is 0 Å². The predicted octanol–water partition coefficient (Wildman–Crippen LogP) is 12.5. The molecule has 0 fully saturated rings. The zero-order valence-electron chi connectivity index (χ0n) is 32.1. The van der Waals surface area contributed by atoms with Crippen LogP contribution in [0, 0.1) is 0 Å². The Hall–Kier alpha value is -2.92. The minimum Gasteiger partial charge on any atom is -0.382 e. The summed E-state index contributed by atoms with van der Waals surface area (Å²) in [6.45, 7) is 18.2. The molecule has 2 heterocycles. The van der Waals surface area contributed by atoms with Crippen molar-refractivity contribution in [2.24, 2.45) is 5.73 Å². The average Bonchev–Trinajstić information content (AvgIpc) is 3.49. The molecule has 0 unspecified atom stereocenters. The molecule has 0 spiro atoms. The average molecular weight is 648 g/mol. The van der Waals surface area contributed by atoms with Gasteiger partial charge in [-0.25, -0.2) is 9.97 Å². The minimum absolute atomic E-state index is 0.515. The van der Waals surface area contributed by atoms with Crippen LogP contribution in [0.25, 0.3) is 21.9 Å². The fraction of sp³-hybridized carbons (Fsp3) is 0.619. The highest BCUT2D eigenvalue weighted by molar-refractivity contribution is 6.06. The maximum atomic E-state index is 6.28. The molecule has 2 aromatic carbocycles. The summed E-state index contributed by atoms with van der Waals surface area (Å²) in [5.41, 5.74) is 16.3. The summed E-state index contributed by atoms with van der Waals surface area (Å²) >= 11 is 0. The van der Waals surface area contributed by atoms with Crippen LogP contribution in [-0.4, -0.2) is 21.6 Å². The van der Waals surface area contributed by atoms with Crippen LogP contribution in [0.5, 0.6) is 0 Å². The standard InChI is InChI=1S/C23H26N4.C9H20.C7H16.C2H6.CH5N/c1-3-5-10-20-26-21-22(18-8-6-7-9-19(18)25-23(21)24)27(20)15-17-13-11-16(4-2)12-14-17;1-3-5-7-9-8-6-4-2;1-3-5-7-6-4-2;2*1-2/h6-9,11-14H,3-5,10,15H2,1-2H3,(H2,24,25);3-9H2,1-2H3;3-7H2,1-2H3;1-2H3;2H2,1H3. The van der Waals surface area contributed by atoms with Crippen LogP contribution in [0.3, 0.4) is 0 Å². The van der Waals surface area contributed by atoms with Crippen LogP contribution < -0.4 is 11.5 Å². The number of unbranched alkanes of at least 4 members (excludes halogenated alkanes) is 11. The highest BCUT2D eigenvalue weighted by atomic mass is 15.1. The molecule has 4 N–H and O–H groups in total. The molecule has 4 rings (SSSR count). The van der Waals surface area contributed by atoms with E-state index in [1.165, 1.54) is 95.2 Å². The van der Waals surface area contributed by atoms with Gasteiger partial charge in [-0.15, -0.1) is 0 Å². The number of nitrogens with two attached hydrogens (primary N) is 2. The molecule has 0 aliphatic heterocycles. The number of nitrogen functional groups attached to an aromatic ring is 1. The molecule has 0 bridgehead atoms. The Bertz CT molecular complexity index is 1270. The molecule has 5 heteroatoms. The fourth-order valence-corrected chi connectivity index (χ4v) is 5.37. The SMILES string of the molecule is CC.CCCCCCC.CCCCCCCCC.CCCCc1nc2c(N)nc3ccccc3c2n1Cc1ccc(CC)cc1.CN. The first-order valence-electron chi connectivity index (χ1n) is 19.2. The zero-order valence-corrected chi connectivity index (χ0v) is 32.1. The monoisotopic (exact) mass is 648 g/mol. The second-order valence-corrected chi connectivity index (χ2v) is 11.9. The summed E-state index contributed by atoms with van der Waals surface area (Å²) in [5.74, 6) is 1.61. The lowest BCUT2D eigenvalue weighted by atomic mass is 10.1. The number of aryl methyl sites for hydroxylation is 2. The molecule has 0 aliphatic rings. The van der Waals surface area contributed by atoms with Gasteiger partial charge in [-0.05, 0) is 37.1 Å². The lowest BCUT2D eigenvalue weighted by Crippen LogP contribution is -2.06. The van der Waals surface area contributed by atoms with Crippen molar-refractivity contribution in [1.29, 1.82) is 0 Å². The lowest BCUT2D eigenvalue weighted by molar-refractivity contribution is 0.602. The normalized spacial score (nSPS) is 10.2. The Balaban J connectivity index is 0.000000876. The van der Waals surface area contributed by atoms with Crippen molar-refractivity contribution in [1.82, 2.24) is 14.5 Å². The number of rotatable bonds is 16. The molecule has 5 nitrogen and oxygen atoms in total. The maximum Gasteiger partial charge on any atom is 0.152 e. The van der Waals surface area contributed by atoms with Gasteiger partial charge in [0.15, 0.2) is 5.82 Å². The van der Waals surface area contributed by atoms with Gasteiger partial charge in [-0.2, -0.15) is 0 Å². The number of benzene rings is 2. The topological polar surface area (TPSA) is 82.8 Å². The van der Waals surface area contributed by atoms with Crippen molar-refractivity contribution in [3.05, 3.63) is 65.5 Å². The molecule has 47 heavy (non-hydrogen) atoms. The van der Waals surface area contributed by atoms with Gasteiger partial charge in [-0.1, -0.05) is 181 Å². The third-order valence-electron chi connectivity index (χ3n) is 8.13. The molecule has 0 radical (unpaired) electrons. The van der Waals surface area contributed by atoms with E-state index in [1.807, 2.05) is 26.0 Å². The van der Waals surface area contributed by atoms with Crippen LogP contribution in [0.1, 0.15) is 162 Å².